The zero-order valence-electron chi connectivity index (χ0n) is 10.2. The van der Waals surface area contributed by atoms with E-state index in [1.54, 1.807) is 0 Å². The van der Waals surface area contributed by atoms with Crippen LogP contribution in [0.15, 0.2) is 18.2 Å². The molecule has 0 fully saturated rings. The maximum atomic E-state index is 5.76. The van der Waals surface area contributed by atoms with Crippen molar-refractivity contribution in [2.75, 3.05) is 5.73 Å². The van der Waals surface area contributed by atoms with Gasteiger partial charge in [0.05, 0.1) is 11.0 Å². The van der Waals surface area contributed by atoms with Crippen LogP contribution >= 0.6 is 0 Å². The van der Waals surface area contributed by atoms with E-state index in [0.717, 1.165) is 23.6 Å². The summed E-state index contributed by atoms with van der Waals surface area (Å²) in [4.78, 5) is 4.53. The van der Waals surface area contributed by atoms with E-state index < -0.39 is 0 Å². The van der Waals surface area contributed by atoms with Gasteiger partial charge in [-0.2, -0.15) is 0 Å². The van der Waals surface area contributed by atoms with Gasteiger partial charge in [-0.3, -0.25) is 0 Å². The van der Waals surface area contributed by atoms with Crippen LogP contribution in [0.25, 0.3) is 11.0 Å². The van der Waals surface area contributed by atoms with Crippen LogP contribution in [0.2, 0.25) is 0 Å². The molecule has 0 radical (unpaired) electrons. The quantitative estimate of drug-likeness (QED) is 0.803. The molecule has 0 saturated carbocycles. The number of nitrogens with two attached hydrogens (primary N) is 1. The van der Waals surface area contributed by atoms with Crippen LogP contribution in [-0.4, -0.2) is 9.55 Å². The van der Waals surface area contributed by atoms with E-state index in [1.165, 1.54) is 11.9 Å². The Labute approximate surface area is 96.3 Å². The van der Waals surface area contributed by atoms with Crippen LogP contribution < -0.4 is 5.73 Å². The second-order valence-corrected chi connectivity index (χ2v) is 4.74. The van der Waals surface area contributed by atoms with Gasteiger partial charge in [-0.25, -0.2) is 4.98 Å². The molecule has 16 heavy (non-hydrogen) atoms. The summed E-state index contributed by atoms with van der Waals surface area (Å²) in [6.07, 6.45) is 1.18. The van der Waals surface area contributed by atoms with Crippen LogP contribution in [0.1, 0.15) is 26.1 Å². The second-order valence-electron chi connectivity index (χ2n) is 4.74. The van der Waals surface area contributed by atoms with E-state index in [9.17, 15) is 0 Å². The predicted molar refractivity (Wildman–Crippen MR) is 68.3 cm³/mol. The van der Waals surface area contributed by atoms with Gasteiger partial charge in [-0.1, -0.05) is 13.8 Å². The van der Waals surface area contributed by atoms with Crippen LogP contribution in [0.4, 0.5) is 5.69 Å². The Morgan fingerprint density at radius 1 is 1.38 bits per heavy atom. The van der Waals surface area contributed by atoms with Crippen molar-refractivity contribution in [3.63, 3.8) is 0 Å². The normalized spacial score (nSPS) is 11.5. The molecule has 1 aromatic carbocycles. The third-order valence-corrected chi connectivity index (χ3v) is 2.89. The minimum atomic E-state index is 0.714. The molecule has 0 atom stereocenters. The van der Waals surface area contributed by atoms with Crippen molar-refractivity contribution in [1.29, 1.82) is 0 Å². The fourth-order valence-electron chi connectivity index (χ4n) is 1.94. The van der Waals surface area contributed by atoms with Gasteiger partial charge in [-0.15, -0.1) is 0 Å². The molecule has 1 aromatic heterocycles. The van der Waals surface area contributed by atoms with E-state index in [1.807, 2.05) is 12.1 Å². The first-order chi connectivity index (χ1) is 7.58. The zero-order valence-corrected chi connectivity index (χ0v) is 10.2. The summed E-state index contributed by atoms with van der Waals surface area (Å²) < 4.78 is 2.27. The summed E-state index contributed by atoms with van der Waals surface area (Å²) in [5.74, 6) is 1.78. The molecule has 0 aliphatic heterocycles. The van der Waals surface area contributed by atoms with Gasteiger partial charge in [-0.05, 0) is 37.5 Å². The van der Waals surface area contributed by atoms with Crippen molar-refractivity contribution in [3.8, 4) is 0 Å². The number of fused-ring (bicyclic) bond motifs is 1. The lowest BCUT2D eigenvalue weighted by atomic mass is 10.1. The summed E-state index contributed by atoms with van der Waals surface area (Å²) in [7, 11) is 0. The van der Waals surface area contributed by atoms with Gasteiger partial charge >= 0.3 is 0 Å². The molecule has 0 spiro atoms. The van der Waals surface area contributed by atoms with Gasteiger partial charge in [0.15, 0.2) is 0 Å². The van der Waals surface area contributed by atoms with Crippen molar-refractivity contribution < 1.29 is 0 Å². The number of hydrogen-bond acceptors (Lipinski definition) is 2. The largest absolute Gasteiger partial charge is 0.399 e. The van der Waals surface area contributed by atoms with Crippen molar-refractivity contribution >= 4 is 16.7 Å². The molecular weight excluding hydrogens is 198 g/mol. The van der Waals surface area contributed by atoms with Crippen molar-refractivity contribution in [2.45, 2.75) is 33.7 Å². The summed E-state index contributed by atoms with van der Waals surface area (Å²) in [6, 6.07) is 5.94. The monoisotopic (exact) mass is 217 g/mol. The van der Waals surface area contributed by atoms with Crippen molar-refractivity contribution in [3.05, 3.63) is 24.0 Å². The Hall–Kier alpha value is -1.51. The third-order valence-electron chi connectivity index (χ3n) is 2.89. The highest BCUT2D eigenvalue weighted by atomic mass is 15.1. The van der Waals surface area contributed by atoms with Crippen molar-refractivity contribution in [2.24, 2.45) is 5.92 Å². The lowest BCUT2D eigenvalue weighted by molar-refractivity contribution is 0.517. The minimum absolute atomic E-state index is 0.714. The van der Waals surface area contributed by atoms with Gasteiger partial charge in [0.1, 0.15) is 5.82 Å². The molecule has 2 aromatic rings. The van der Waals surface area contributed by atoms with Crippen LogP contribution in [0.3, 0.4) is 0 Å². The average Bonchev–Trinajstić information content (AvgIpc) is 2.50. The number of benzene rings is 1. The molecular formula is C13H19N3. The van der Waals surface area contributed by atoms with Gasteiger partial charge in [0, 0.05) is 12.2 Å². The first-order valence-electron chi connectivity index (χ1n) is 5.80. The van der Waals surface area contributed by atoms with Crippen molar-refractivity contribution in [1.82, 2.24) is 9.55 Å². The minimum Gasteiger partial charge on any atom is -0.399 e. The van der Waals surface area contributed by atoms with Crippen LogP contribution in [0, 0.1) is 12.8 Å². The van der Waals surface area contributed by atoms with Gasteiger partial charge in [0.2, 0.25) is 0 Å². The van der Waals surface area contributed by atoms with E-state index >= 15 is 0 Å². The molecule has 1 heterocycles. The smallest absolute Gasteiger partial charge is 0.106 e. The number of imidazole rings is 1. The first kappa shape index (κ1) is 11.0. The number of aromatic nitrogens is 2. The first-order valence-corrected chi connectivity index (χ1v) is 5.80. The Balaban J connectivity index is 2.40. The van der Waals surface area contributed by atoms with Gasteiger partial charge < -0.3 is 10.3 Å². The summed E-state index contributed by atoms with van der Waals surface area (Å²) in [5.41, 5.74) is 8.72. The molecule has 86 valence electrons. The van der Waals surface area contributed by atoms with E-state index in [2.05, 4.69) is 36.4 Å². The fourth-order valence-corrected chi connectivity index (χ4v) is 1.94. The maximum absolute atomic E-state index is 5.76. The molecule has 3 nitrogen and oxygen atoms in total. The molecule has 0 saturated heterocycles. The highest BCUT2D eigenvalue weighted by Gasteiger charge is 2.07. The fraction of sp³-hybridized carbons (Fsp3) is 0.462. The highest BCUT2D eigenvalue weighted by Crippen LogP contribution is 2.19. The predicted octanol–water partition coefficient (Wildman–Crippen LogP) is 2.97. The van der Waals surface area contributed by atoms with E-state index in [4.69, 9.17) is 5.73 Å². The summed E-state index contributed by atoms with van der Waals surface area (Å²) >= 11 is 0. The molecule has 0 aliphatic carbocycles. The highest BCUT2D eigenvalue weighted by molar-refractivity contribution is 5.79. The summed E-state index contributed by atoms with van der Waals surface area (Å²) in [5, 5.41) is 0. The molecule has 0 aliphatic rings. The average molecular weight is 217 g/mol. The zero-order chi connectivity index (χ0) is 11.7. The number of rotatable bonds is 3. The molecule has 2 N–H and O–H groups in total. The standard InChI is InChI=1S/C13H19N3/c1-9(2)6-7-16-10(3)15-12-8-11(14)4-5-13(12)16/h4-5,8-9H,6-7,14H2,1-3H3. The second kappa shape index (κ2) is 4.16. The Morgan fingerprint density at radius 2 is 2.12 bits per heavy atom. The number of aryl methyl sites for hydroxylation is 2. The van der Waals surface area contributed by atoms with Crippen LogP contribution in [-0.2, 0) is 6.54 Å². The van der Waals surface area contributed by atoms with E-state index in [0.29, 0.717) is 5.92 Å². The van der Waals surface area contributed by atoms with E-state index in [-0.39, 0.29) is 0 Å². The molecule has 0 amide bonds. The maximum Gasteiger partial charge on any atom is 0.106 e. The Kier molecular flexibility index (Phi) is 2.86. The number of nitrogens with zero attached hydrogens (tertiary/aromatic N) is 2. The SMILES string of the molecule is Cc1nc2cc(N)ccc2n1CCC(C)C. The third kappa shape index (κ3) is 2.03. The number of anilines is 1. The number of nitrogen functional groups attached to an aromatic ring is 1. The Morgan fingerprint density at radius 3 is 2.81 bits per heavy atom. The summed E-state index contributed by atoms with van der Waals surface area (Å²) in [6.45, 7) is 7.57. The lowest BCUT2D eigenvalue weighted by Gasteiger charge is -2.08. The van der Waals surface area contributed by atoms with Crippen LogP contribution in [0.5, 0.6) is 0 Å². The Bertz CT molecular complexity index is 497. The lowest BCUT2D eigenvalue weighted by Crippen LogP contribution is -2.03. The number of hydrogen-bond donors (Lipinski definition) is 1. The molecule has 3 heteroatoms. The topological polar surface area (TPSA) is 43.8 Å². The molecule has 0 bridgehead atoms. The molecule has 2 rings (SSSR count). The van der Waals surface area contributed by atoms with Gasteiger partial charge in [0.25, 0.3) is 0 Å². The molecule has 0 unspecified atom stereocenters.